The van der Waals surface area contributed by atoms with Crippen LogP contribution in [0.25, 0.3) is 12.2 Å². The standard InChI is InChI=1S/C17H15ClO3/c1-20-15-9-13(16(11-19)17(10-15)21-2)6-3-12-4-7-14(18)8-5-12/h3-11H,1-2H3/b6-3+. The molecule has 2 aromatic carbocycles. The van der Waals surface area contributed by atoms with Crippen molar-refractivity contribution in [3.05, 3.63) is 58.1 Å². The number of aldehydes is 1. The fourth-order valence-electron chi connectivity index (χ4n) is 1.93. The smallest absolute Gasteiger partial charge is 0.154 e. The number of methoxy groups -OCH3 is 2. The molecule has 0 aliphatic carbocycles. The SMILES string of the molecule is COc1cc(/C=C/c2ccc(Cl)cc2)c(C=O)c(OC)c1. The number of halogens is 1. The van der Waals surface area contributed by atoms with E-state index in [1.54, 1.807) is 19.2 Å². The van der Waals surface area contributed by atoms with Crippen molar-refractivity contribution < 1.29 is 14.3 Å². The van der Waals surface area contributed by atoms with Crippen LogP contribution >= 0.6 is 11.6 Å². The molecule has 4 heteroatoms. The minimum Gasteiger partial charge on any atom is -0.497 e. The number of hydrogen-bond donors (Lipinski definition) is 0. The average Bonchev–Trinajstić information content (AvgIpc) is 2.53. The zero-order chi connectivity index (χ0) is 15.2. The summed E-state index contributed by atoms with van der Waals surface area (Å²) in [5, 5.41) is 0.684. The number of ether oxygens (including phenoxy) is 2. The zero-order valence-electron chi connectivity index (χ0n) is 11.8. The highest BCUT2D eigenvalue weighted by Crippen LogP contribution is 2.28. The number of rotatable bonds is 5. The summed E-state index contributed by atoms with van der Waals surface area (Å²) in [6.07, 6.45) is 4.52. The highest BCUT2D eigenvalue weighted by Gasteiger charge is 2.09. The quantitative estimate of drug-likeness (QED) is 0.609. The van der Waals surface area contributed by atoms with Gasteiger partial charge in [0.15, 0.2) is 6.29 Å². The van der Waals surface area contributed by atoms with E-state index in [4.69, 9.17) is 21.1 Å². The third-order valence-electron chi connectivity index (χ3n) is 3.05. The lowest BCUT2D eigenvalue weighted by Gasteiger charge is -2.09. The molecular weight excluding hydrogens is 288 g/mol. The summed E-state index contributed by atoms with van der Waals surface area (Å²) in [4.78, 5) is 11.3. The van der Waals surface area contributed by atoms with Gasteiger partial charge >= 0.3 is 0 Å². The van der Waals surface area contributed by atoms with E-state index in [-0.39, 0.29) is 0 Å². The Kier molecular flexibility index (Phi) is 5.01. The third-order valence-corrected chi connectivity index (χ3v) is 3.30. The van der Waals surface area contributed by atoms with Gasteiger partial charge in [-0.1, -0.05) is 35.9 Å². The molecule has 108 valence electrons. The van der Waals surface area contributed by atoms with Crippen LogP contribution in [0.5, 0.6) is 11.5 Å². The van der Waals surface area contributed by atoms with Crippen LogP contribution in [0.4, 0.5) is 0 Å². The Morgan fingerprint density at radius 2 is 1.71 bits per heavy atom. The third kappa shape index (κ3) is 3.64. The molecule has 0 fully saturated rings. The van der Waals surface area contributed by atoms with Crippen LogP contribution in [0, 0.1) is 0 Å². The van der Waals surface area contributed by atoms with Gasteiger partial charge in [0.1, 0.15) is 11.5 Å². The van der Waals surface area contributed by atoms with Gasteiger partial charge in [0.25, 0.3) is 0 Å². The molecule has 0 saturated heterocycles. The van der Waals surface area contributed by atoms with E-state index < -0.39 is 0 Å². The first-order valence-corrected chi connectivity index (χ1v) is 6.70. The van der Waals surface area contributed by atoms with Gasteiger partial charge in [-0.3, -0.25) is 4.79 Å². The Labute approximate surface area is 128 Å². The minimum absolute atomic E-state index is 0.486. The Balaban J connectivity index is 2.42. The van der Waals surface area contributed by atoms with Crippen molar-refractivity contribution in [2.45, 2.75) is 0 Å². The lowest BCUT2D eigenvalue weighted by molar-refractivity contribution is 0.112. The van der Waals surface area contributed by atoms with Crippen LogP contribution in [0.15, 0.2) is 36.4 Å². The summed E-state index contributed by atoms with van der Waals surface area (Å²) in [7, 11) is 3.09. The summed E-state index contributed by atoms with van der Waals surface area (Å²) < 4.78 is 10.4. The number of carbonyl (C=O) groups is 1. The predicted octanol–water partition coefficient (Wildman–Crippen LogP) is 4.34. The summed E-state index contributed by atoms with van der Waals surface area (Å²) in [5.41, 5.74) is 2.21. The molecule has 0 saturated carbocycles. The first-order chi connectivity index (χ1) is 10.2. The highest BCUT2D eigenvalue weighted by molar-refractivity contribution is 6.30. The Morgan fingerprint density at radius 1 is 1.00 bits per heavy atom. The van der Waals surface area contributed by atoms with Crippen LogP contribution in [0.3, 0.4) is 0 Å². The van der Waals surface area contributed by atoms with E-state index in [1.807, 2.05) is 36.4 Å². The van der Waals surface area contributed by atoms with E-state index in [0.29, 0.717) is 22.1 Å². The van der Waals surface area contributed by atoms with Crippen LogP contribution in [0.1, 0.15) is 21.5 Å². The van der Waals surface area contributed by atoms with Crippen molar-refractivity contribution in [3.63, 3.8) is 0 Å². The fourth-order valence-corrected chi connectivity index (χ4v) is 2.06. The molecule has 0 aromatic heterocycles. The molecule has 0 amide bonds. The van der Waals surface area contributed by atoms with E-state index in [9.17, 15) is 4.79 Å². The lowest BCUT2D eigenvalue weighted by Crippen LogP contribution is -1.95. The van der Waals surface area contributed by atoms with Gasteiger partial charge in [-0.15, -0.1) is 0 Å². The maximum atomic E-state index is 11.3. The molecular formula is C17H15ClO3. The van der Waals surface area contributed by atoms with Crippen LogP contribution < -0.4 is 9.47 Å². The van der Waals surface area contributed by atoms with Gasteiger partial charge in [-0.2, -0.15) is 0 Å². The first kappa shape index (κ1) is 15.1. The number of benzene rings is 2. The molecule has 0 aliphatic rings. The molecule has 0 spiro atoms. The molecule has 21 heavy (non-hydrogen) atoms. The monoisotopic (exact) mass is 302 g/mol. The minimum atomic E-state index is 0.486. The zero-order valence-corrected chi connectivity index (χ0v) is 12.6. The molecule has 0 N–H and O–H groups in total. The van der Waals surface area contributed by atoms with E-state index in [1.165, 1.54) is 7.11 Å². The second-order valence-electron chi connectivity index (χ2n) is 4.34. The average molecular weight is 303 g/mol. The molecule has 0 unspecified atom stereocenters. The summed E-state index contributed by atoms with van der Waals surface area (Å²) in [5.74, 6) is 1.12. The molecule has 0 bridgehead atoms. The van der Waals surface area contributed by atoms with E-state index >= 15 is 0 Å². The topological polar surface area (TPSA) is 35.5 Å². The van der Waals surface area contributed by atoms with Gasteiger partial charge in [0, 0.05) is 11.1 Å². The molecule has 2 aromatic rings. The summed E-state index contributed by atoms with van der Waals surface area (Å²) >= 11 is 5.85. The van der Waals surface area contributed by atoms with Crippen LogP contribution in [-0.4, -0.2) is 20.5 Å². The second kappa shape index (κ2) is 6.95. The summed E-state index contributed by atoms with van der Waals surface area (Å²) in [6, 6.07) is 10.9. The molecule has 0 heterocycles. The Bertz CT molecular complexity index is 660. The summed E-state index contributed by atoms with van der Waals surface area (Å²) in [6.45, 7) is 0. The van der Waals surface area contributed by atoms with Crippen molar-refractivity contribution in [1.29, 1.82) is 0 Å². The molecule has 0 radical (unpaired) electrons. The number of hydrogen-bond acceptors (Lipinski definition) is 3. The molecule has 2 rings (SSSR count). The van der Waals surface area contributed by atoms with Crippen molar-refractivity contribution in [2.75, 3.05) is 14.2 Å². The maximum Gasteiger partial charge on any atom is 0.154 e. The highest BCUT2D eigenvalue weighted by atomic mass is 35.5. The van der Waals surface area contributed by atoms with Crippen molar-refractivity contribution >= 4 is 30.0 Å². The van der Waals surface area contributed by atoms with Gasteiger partial charge in [-0.25, -0.2) is 0 Å². The first-order valence-electron chi connectivity index (χ1n) is 6.32. The lowest BCUT2D eigenvalue weighted by atomic mass is 10.0. The largest absolute Gasteiger partial charge is 0.497 e. The van der Waals surface area contributed by atoms with Crippen LogP contribution in [0.2, 0.25) is 5.02 Å². The normalized spacial score (nSPS) is 10.6. The molecule has 3 nitrogen and oxygen atoms in total. The van der Waals surface area contributed by atoms with E-state index in [0.717, 1.165) is 17.4 Å². The number of carbonyl (C=O) groups excluding carboxylic acids is 1. The van der Waals surface area contributed by atoms with Gasteiger partial charge in [0.2, 0.25) is 0 Å². The van der Waals surface area contributed by atoms with E-state index in [2.05, 4.69) is 0 Å². The Hall–Kier alpha value is -2.26. The second-order valence-corrected chi connectivity index (χ2v) is 4.77. The predicted molar refractivity (Wildman–Crippen MR) is 85.3 cm³/mol. The molecule has 0 atom stereocenters. The van der Waals surface area contributed by atoms with Gasteiger partial charge in [-0.05, 0) is 29.3 Å². The maximum absolute atomic E-state index is 11.3. The van der Waals surface area contributed by atoms with Gasteiger partial charge in [0.05, 0.1) is 19.8 Å². The van der Waals surface area contributed by atoms with Crippen LogP contribution in [-0.2, 0) is 0 Å². The van der Waals surface area contributed by atoms with Crippen molar-refractivity contribution in [1.82, 2.24) is 0 Å². The van der Waals surface area contributed by atoms with Crippen molar-refractivity contribution in [2.24, 2.45) is 0 Å². The van der Waals surface area contributed by atoms with Crippen molar-refractivity contribution in [3.8, 4) is 11.5 Å². The fraction of sp³-hybridized carbons (Fsp3) is 0.118. The van der Waals surface area contributed by atoms with Gasteiger partial charge < -0.3 is 9.47 Å². The molecule has 0 aliphatic heterocycles. The Morgan fingerprint density at radius 3 is 2.29 bits per heavy atom.